The van der Waals surface area contributed by atoms with Crippen LogP contribution in [0.1, 0.15) is 16.9 Å². The van der Waals surface area contributed by atoms with Crippen LogP contribution >= 0.6 is 12.4 Å². The first kappa shape index (κ1) is 16.5. The minimum Gasteiger partial charge on any atom is -0.336 e. The number of nitrogens with zero attached hydrogens (tertiary/aromatic N) is 3. The molecule has 1 unspecified atom stereocenters. The van der Waals surface area contributed by atoms with Crippen molar-refractivity contribution in [3.8, 4) is 5.69 Å². The van der Waals surface area contributed by atoms with Gasteiger partial charge in [0.15, 0.2) is 5.69 Å². The Labute approximate surface area is 134 Å². The van der Waals surface area contributed by atoms with Crippen LogP contribution in [0.15, 0.2) is 36.5 Å². The summed E-state index contributed by atoms with van der Waals surface area (Å²) < 4.78 is 15.1. The highest BCUT2D eigenvalue weighted by atomic mass is 35.5. The van der Waals surface area contributed by atoms with Crippen LogP contribution in [0.5, 0.6) is 0 Å². The van der Waals surface area contributed by atoms with Gasteiger partial charge in [-0.2, -0.15) is 5.10 Å². The lowest BCUT2D eigenvalue weighted by Crippen LogP contribution is -2.38. The van der Waals surface area contributed by atoms with Crippen LogP contribution in [-0.2, 0) is 0 Å². The zero-order valence-corrected chi connectivity index (χ0v) is 13.0. The fraction of sp³-hybridized carbons (Fsp3) is 0.333. The van der Waals surface area contributed by atoms with Gasteiger partial charge in [-0.05, 0) is 31.2 Å². The van der Waals surface area contributed by atoms with Gasteiger partial charge in [-0.15, -0.1) is 12.4 Å². The van der Waals surface area contributed by atoms with Crippen molar-refractivity contribution in [3.05, 3.63) is 48.0 Å². The van der Waals surface area contributed by atoms with E-state index in [0.717, 1.165) is 19.5 Å². The molecule has 0 bridgehead atoms. The second kappa shape index (κ2) is 6.89. The largest absolute Gasteiger partial charge is 0.336 e. The van der Waals surface area contributed by atoms with E-state index in [1.165, 1.54) is 10.7 Å². The highest BCUT2D eigenvalue weighted by molar-refractivity contribution is 5.92. The van der Waals surface area contributed by atoms with Crippen molar-refractivity contribution < 1.29 is 9.18 Å². The molecule has 1 aliphatic rings. The Bertz CT molecular complexity index is 654. The topological polar surface area (TPSA) is 50.2 Å². The maximum atomic E-state index is 13.7. The van der Waals surface area contributed by atoms with Crippen molar-refractivity contribution in [1.82, 2.24) is 20.0 Å². The predicted octanol–water partition coefficient (Wildman–Crippen LogP) is 1.87. The normalized spacial score (nSPS) is 17.1. The highest BCUT2D eigenvalue weighted by Gasteiger charge is 2.25. The average molecular weight is 325 g/mol. The third kappa shape index (κ3) is 3.13. The number of para-hydroxylation sites is 1. The van der Waals surface area contributed by atoms with Crippen LogP contribution in [-0.4, -0.2) is 46.8 Å². The molecule has 0 spiro atoms. The van der Waals surface area contributed by atoms with Crippen molar-refractivity contribution in [2.75, 3.05) is 20.1 Å². The Kier molecular flexibility index (Phi) is 5.15. The number of halogens is 2. The molecule has 1 N–H and O–H groups in total. The van der Waals surface area contributed by atoms with Crippen LogP contribution in [0.4, 0.5) is 4.39 Å². The molecule has 1 fully saturated rings. The van der Waals surface area contributed by atoms with Crippen molar-refractivity contribution in [2.45, 2.75) is 12.5 Å². The van der Waals surface area contributed by atoms with E-state index in [4.69, 9.17) is 0 Å². The summed E-state index contributed by atoms with van der Waals surface area (Å²) in [5.41, 5.74) is 0.661. The number of hydrogen-bond acceptors (Lipinski definition) is 3. The average Bonchev–Trinajstić information content (AvgIpc) is 3.17. The number of aromatic nitrogens is 2. The molecule has 118 valence electrons. The van der Waals surface area contributed by atoms with Gasteiger partial charge in [0.05, 0.1) is 0 Å². The van der Waals surface area contributed by atoms with Gasteiger partial charge < -0.3 is 10.2 Å². The van der Waals surface area contributed by atoms with Gasteiger partial charge in [-0.1, -0.05) is 12.1 Å². The van der Waals surface area contributed by atoms with Gasteiger partial charge in [0.1, 0.15) is 11.5 Å². The second-order valence-corrected chi connectivity index (χ2v) is 5.16. The van der Waals surface area contributed by atoms with Gasteiger partial charge in [-0.25, -0.2) is 9.07 Å². The molecule has 22 heavy (non-hydrogen) atoms. The minimum atomic E-state index is -0.368. The third-order valence-electron chi connectivity index (χ3n) is 3.81. The van der Waals surface area contributed by atoms with Crippen LogP contribution in [0, 0.1) is 5.82 Å². The first-order valence-corrected chi connectivity index (χ1v) is 6.95. The van der Waals surface area contributed by atoms with Crippen molar-refractivity contribution in [1.29, 1.82) is 0 Å². The Balaban J connectivity index is 0.00000176. The number of carbonyl (C=O) groups excluding carboxylic acids is 1. The van der Waals surface area contributed by atoms with Gasteiger partial charge in [-0.3, -0.25) is 4.79 Å². The summed E-state index contributed by atoms with van der Waals surface area (Å²) in [5.74, 6) is -0.508. The summed E-state index contributed by atoms with van der Waals surface area (Å²) in [4.78, 5) is 14.1. The zero-order chi connectivity index (χ0) is 14.8. The van der Waals surface area contributed by atoms with Gasteiger partial charge >= 0.3 is 0 Å². The monoisotopic (exact) mass is 324 g/mol. The lowest BCUT2D eigenvalue weighted by Gasteiger charge is -2.22. The van der Waals surface area contributed by atoms with E-state index in [0.29, 0.717) is 11.4 Å². The molecule has 5 nitrogen and oxygen atoms in total. The lowest BCUT2D eigenvalue weighted by molar-refractivity contribution is 0.0737. The summed E-state index contributed by atoms with van der Waals surface area (Å²) >= 11 is 0. The van der Waals surface area contributed by atoms with E-state index >= 15 is 0 Å². The smallest absolute Gasteiger partial charge is 0.274 e. The number of rotatable bonds is 3. The molecule has 1 aromatic heterocycles. The Morgan fingerprint density at radius 3 is 2.86 bits per heavy atom. The summed E-state index contributed by atoms with van der Waals surface area (Å²) in [6, 6.07) is 8.16. The van der Waals surface area contributed by atoms with Crippen molar-refractivity contribution >= 4 is 18.3 Å². The number of nitrogens with one attached hydrogen (secondary N) is 1. The first-order chi connectivity index (χ1) is 10.2. The fourth-order valence-electron chi connectivity index (χ4n) is 2.53. The summed E-state index contributed by atoms with van der Waals surface area (Å²) in [7, 11) is 1.78. The number of hydrogen-bond donors (Lipinski definition) is 1. The maximum absolute atomic E-state index is 13.7. The van der Waals surface area contributed by atoms with Crippen LogP contribution in [0.3, 0.4) is 0 Å². The van der Waals surface area contributed by atoms with E-state index in [-0.39, 0.29) is 30.2 Å². The molecule has 0 aliphatic carbocycles. The number of likely N-dealkylation sites (N-methyl/N-ethyl adjacent to an activating group) is 1. The molecule has 2 aromatic rings. The second-order valence-electron chi connectivity index (χ2n) is 5.16. The Morgan fingerprint density at radius 1 is 1.41 bits per heavy atom. The van der Waals surface area contributed by atoms with Crippen LogP contribution < -0.4 is 5.32 Å². The molecule has 0 saturated carbocycles. The van der Waals surface area contributed by atoms with Crippen molar-refractivity contribution in [2.24, 2.45) is 0 Å². The van der Waals surface area contributed by atoms with E-state index in [9.17, 15) is 9.18 Å². The van der Waals surface area contributed by atoms with Crippen molar-refractivity contribution in [3.63, 3.8) is 0 Å². The highest BCUT2D eigenvalue weighted by Crippen LogP contribution is 2.14. The van der Waals surface area contributed by atoms with E-state index in [1.807, 2.05) is 0 Å². The summed E-state index contributed by atoms with van der Waals surface area (Å²) in [6.45, 7) is 1.72. The standard InChI is InChI=1S/C15H17FN4O.ClH/c1-19(11-6-8-17-10-11)15(21)13-7-9-20(18-13)14-5-3-2-4-12(14)16;/h2-5,7,9,11,17H,6,8,10H2,1H3;1H. The first-order valence-electron chi connectivity index (χ1n) is 6.95. The molecule has 1 amide bonds. The molecule has 1 aromatic carbocycles. The molecular weight excluding hydrogens is 307 g/mol. The molecule has 7 heteroatoms. The molecule has 1 aliphatic heterocycles. The third-order valence-corrected chi connectivity index (χ3v) is 3.81. The van der Waals surface area contributed by atoms with Gasteiger partial charge in [0.25, 0.3) is 5.91 Å². The SMILES string of the molecule is CN(C(=O)c1ccn(-c2ccccc2F)n1)C1CCNC1.Cl. The molecule has 2 heterocycles. The number of carbonyl (C=O) groups is 1. The molecular formula is C15H18ClFN4O. The molecule has 1 saturated heterocycles. The molecule has 1 atom stereocenters. The zero-order valence-electron chi connectivity index (χ0n) is 12.2. The molecule has 3 rings (SSSR count). The van der Waals surface area contributed by atoms with Crippen LogP contribution in [0.2, 0.25) is 0 Å². The Hall–Kier alpha value is -1.92. The molecule has 0 radical (unpaired) electrons. The van der Waals surface area contributed by atoms with Gasteiger partial charge in [0.2, 0.25) is 0 Å². The summed E-state index contributed by atoms with van der Waals surface area (Å²) in [6.07, 6.45) is 2.54. The van der Waals surface area contributed by atoms with E-state index < -0.39 is 0 Å². The maximum Gasteiger partial charge on any atom is 0.274 e. The van der Waals surface area contributed by atoms with E-state index in [1.54, 1.807) is 42.4 Å². The fourth-order valence-corrected chi connectivity index (χ4v) is 2.53. The quantitative estimate of drug-likeness (QED) is 0.937. The Morgan fingerprint density at radius 2 is 2.18 bits per heavy atom. The number of amides is 1. The predicted molar refractivity (Wildman–Crippen MR) is 84.1 cm³/mol. The number of benzene rings is 1. The van der Waals surface area contributed by atoms with Gasteiger partial charge in [0, 0.05) is 25.8 Å². The lowest BCUT2D eigenvalue weighted by atomic mass is 10.2. The van der Waals surface area contributed by atoms with E-state index in [2.05, 4.69) is 10.4 Å². The summed E-state index contributed by atoms with van der Waals surface area (Å²) in [5, 5.41) is 7.43. The minimum absolute atomic E-state index is 0. The van der Waals surface area contributed by atoms with Crippen LogP contribution in [0.25, 0.3) is 5.69 Å².